The van der Waals surface area contributed by atoms with Gasteiger partial charge in [0.2, 0.25) is 11.8 Å². The summed E-state index contributed by atoms with van der Waals surface area (Å²) >= 11 is 0. The summed E-state index contributed by atoms with van der Waals surface area (Å²) in [4.78, 5) is 35.0. The van der Waals surface area contributed by atoms with E-state index in [-0.39, 0.29) is 17.7 Å². The van der Waals surface area contributed by atoms with Crippen molar-refractivity contribution in [2.75, 3.05) is 13.1 Å². The van der Waals surface area contributed by atoms with Crippen molar-refractivity contribution >= 4 is 11.8 Å². The second-order valence-electron chi connectivity index (χ2n) is 8.13. The minimum absolute atomic E-state index is 0.126. The Morgan fingerprint density at radius 3 is 2.34 bits per heavy atom. The van der Waals surface area contributed by atoms with E-state index in [0.717, 1.165) is 23.2 Å². The summed E-state index contributed by atoms with van der Waals surface area (Å²) in [5, 5.41) is 2.96. The Hall–Kier alpha value is -3.45. The second-order valence-corrected chi connectivity index (χ2v) is 8.13. The van der Waals surface area contributed by atoms with Gasteiger partial charge in [-0.3, -0.25) is 9.59 Å². The second kappa shape index (κ2) is 10.2. The van der Waals surface area contributed by atoms with Crippen LogP contribution in [0, 0.1) is 0 Å². The Bertz CT molecular complexity index is 968. The Kier molecular flexibility index (Phi) is 6.97. The van der Waals surface area contributed by atoms with Gasteiger partial charge >= 0.3 is 0 Å². The van der Waals surface area contributed by atoms with Crippen molar-refractivity contribution in [2.45, 2.75) is 37.3 Å². The Balaban J connectivity index is 1.47. The van der Waals surface area contributed by atoms with Crippen LogP contribution in [0.1, 0.15) is 35.6 Å². The lowest BCUT2D eigenvalue weighted by Crippen LogP contribution is -2.53. The van der Waals surface area contributed by atoms with Crippen molar-refractivity contribution in [3.05, 3.63) is 90.0 Å². The van der Waals surface area contributed by atoms with E-state index in [1.165, 1.54) is 0 Å². The molecule has 0 saturated carbocycles. The summed E-state index contributed by atoms with van der Waals surface area (Å²) in [6.45, 7) is 1.03. The number of nitrogens with one attached hydrogen (secondary N) is 2. The van der Waals surface area contributed by atoms with Crippen LogP contribution in [-0.4, -0.2) is 51.9 Å². The highest BCUT2D eigenvalue weighted by molar-refractivity contribution is 5.91. The maximum Gasteiger partial charge on any atom is 0.242 e. The smallest absolute Gasteiger partial charge is 0.242 e. The standard InChI is InChI=1S/C25H29N5O2/c26-23(22(18-8-3-1-4-9-18)19-10-5-2-6-11-19)25(32)30-15-7-12-21(30)24(31)28-14-13-20-16-27-17-29-20/h1-6,8-11,16-17,21-23H,7,12-15,26H2,(H,27,29)(H,28,31)/t21-,23+/m0/s1. The Morgan fingerprint density at radius 1 is 1.09 bits per heavy atom. The van der Waals surface area contributed by atoms with Gasteiger partial charge in [-0.1, -0.05) is 60.7 Å². The summed E-state index contributed by atoms with van der Waals surface area (Å²) in [5.74, 6) is -0.595. The third-order valence-electron chi connectivity index (χ3n) is 6.05. The van der Waals surface area contributed by atoms with Gasteiger partial charge < -0.3 is 20.9 Å². The first-order chi connectivity index (χ1) is 15.6. The molecule has 0 bridgehead atoms. The molecule has 0 radical (unpaired) electrons. The van der Waals surface area contributed by atoms with Crippen molar-refractivity contribution in [1.29, 1.82) is 0 Å². The summed E-state index contributed by atoms with van der Waals surface area (Å²) in [7, 11) is 0. The molecule has 0 aliphatic carbocycles. The largest absolute Gasteiger partial charge is 0.354 e. The predicted octanol–water partition coefficient (Wildman–Crippen LogP) is 2.22. The quantitative estimate of drug-likeness (QED) is 0.509. The fourth-order valence-electron chi connectivity index (χ4n) is 4.42. The third-order valence-corrected chi connectivity index (χ3v) is 6.05. The zero-order valence-corrected chi connectivity index (χ0v) is 18.0. The monoisotopic (exact) mass is 431 g/mol. The molecule has 2 aromatic carbocycles. The summed E-state index contributed by atoms with van der Waals surface area (Å²) in [6.07, 6.45) is 5.46. The van der Waals surface area contributed by atoms with Gasteiger partial charge in [0.15, 0.2) is 0 Å². The average Bonchev–Trinajstić information content (AvgIpc) is 3.52. The van der Waals surface area contributed by atoms with Crippen molar-refractivity contribution in [2.24, 2.45) is 5.73 Å². The van der Waals surface area contributed by atoms with Gasteiger partial charge in [-0.25, -0.2) is 4.98 Å². The minimum Gasteiger partial charge on any atom is -0.354 e. The summed E-state index contributed by atoms with van der Waals surface area (Å²) in [6, 6.07) is 18.4. The lowest BCUT2D eigenvalue weighted by molar-refractivity contribution is -0.139. The number of aromatic nitrogens is 2. The first kappa shape index (κ1) is 21.8. The van der Waals surface area contributed by atoms with Crippen LogP contribution in [0.4, 0.5) is 0 Å². The maximum absolute atomic E-state index is 13.5. The van der Waals surface area contributed by atoms with Gasteiger partial charge in [0.1, 0.15) is 6.04 Å². The van der Waals surface area contributed by atoms with E-state index < -0.39 is 12.1 Å². The van der Waals surface area contributed by atoms with Crippen LogP contribution in [0.15, 0.2) is 73.2 Å². The van der Waals surface area contributed by atoms with E-state index in [4.69, 9.17) is 5.73 Å². The zero-order chi connectivity index (χ0) is 22.3. The number of H-pyrrole nitrogens is 1. The number of nitrogens with zero attached hydrogens (tertiary/aromatic N) is 2. The lowest BCUT2D eigenvalue weighted by Gasteiger charge is -2.31. The van der Waals surface area contributed by atoms with Gasteiger partial charge in [-0.2, -0.15) is 0 Å². The number of carbonyl (C=O) groups excluding carboxylic acids is 2. The van der Waals surface area contributed by atoms with Gasteiger partial charge in [0, 0.05) is 37.3 Å². The molecule has 7 nitrogen and oxygen atoms in total. The molecule has 2 amide bonds. The highest BCUT2D eigenvalue weighted by Gasteiger charge is 2.39. The van der Waals surface area contributed by atoms with Crippen LogP contribution in [0.25, 0.3) is 0 Å². The van der Waals surface area contributed by atoms with E-state index >= 15 is 0 Å². The number of benzene rings is 2. The molecule has 0 spiro atoms. The Morgan fingerprint density at radius 2 is 1.75 bits per heavy atom. The molecule has 1 fully saturated rings. The lowest BCUT2D eigenvalue weighted by atomic mass is 9.84. The van der Waals surface area contributed by atoms with Crippen LogP contribution in [0.5, 0.6) is 0 Å². The Labute approximate surface area is 188 Å². The number of likely N-dealkylation sites (tertiary alicyclic amines) is 1. The fourth-order valence-corrected chi connectivity index (χ4v) is 4.42. The van der Waals surface area contributed by atoms with Crippen molar-refractivity contribution in [3.63, 3.8) is 0 Å². The van der Waals surface area contributed by atoms with E-state index in [1.807, 2.05) is 60.7 Å². The molecule has 2 heterocycles. The van der Waals surface area contributed by atoms with Gasteiger partial charge in [0.05, 0.1) is 12.4 Å². The van der Waals surface area contributed by atoms with Gasteiger partial charge in [0.25, 0.3) is 0 Å². The number of nitrogens with two attached hydrogens (primary N) is 1. The number of amides is 2. The molecule has 2 atom stereocenters. The molecule has 4 N–H and O–H groups in total. The van der Waals surface area contributed by atoms with Crippen LogP contribution in [-0.2, 0) is 16.0 Å². The van der Waals surface area contributed by atoms with Crippen LogP contribution >= 0.6 is 0 Å². The predicted molar refractivity (Wildman–Crippen MR) is 123 cm³/mol. The van der Waals surface area contributed by atoms with E-state index in [1.54, 1.807) is 17.4 Å². The summed E-state index contributed by atoms with van der Waals surface area (Å²) in [5.41, 5.74) is 9.53. The molecule has 7 heteroatoms. The third kappa shape index (κ3) is 4.89. The van der Waals surface area contributed by atoms with Gasteiger partial charge in [-0.05, 0) is 24.0 Å². The van der Waals surface area contributed by atoms with Crippen molar-refractivity contribution < 1.29 is 9.59 Å². The molecule has 0 unspecified atom stereocenters. The van der Waals surface area contributed by atoms with Crippen molar-refractivity contribution in [1.82, 2.24) is 20.2 Å². The summed E-state index contributed by atoms with van der Waals surface area (Å²) < 4.78 is 0. The molecule has 1 aliphatic heterocycles. The first-order valence-corrected chi connectivity index (χ1v) is 11.1. The van der Waals surface area contributed by atoms with Crippen molar-refractivity contribution in [3.8, 4) is 0 Å². The topological polar surface area (TPSA) is 104 Å². The van der Waals surface area contributed by atoms with Crippen LogP contribution < -0.4 is 11.1 Å². The molecule has 32 heavy (non-hydrogen) atoms. The number of hydrogen-bond acceptors (Lipinski definition) is 4. The maximum atomic E-state index is 13.5. The van der Waals surface area contributed by atoms with E-state index in [0.29, 0.717) is 25.9 Å². The molecular formula is C25H29N5O2. The molecule has 1 aromatic heterocycles. The van der Waals surface area contributed by atoms with Gasteiger partial charge in [-0.15, -0.1) is 0 Å². The molecule has 3 aromatic rings. The zero-order valence-electron chi connectivity index (χ0n) is 18.0. The number of rotatable bonds is 8. The SMILES string of the molecule is N[C@@H](C(=O)N1CCC[C@H]1C(=O)NCCc1cnc[nH]1)C(c1ccccc1)c1ccccc1. The normalized spacial score (nSPS) is 16.8. The molecule has 1 saturated heterocycles. The highest BCUT2D eigenvalue weighted by Crippen LogP contribution is 2.29. The number of carbonyl (C=O) groups is 2. The fraction of sp³-hybridized carbons (Fsp3) is 0.320. The molecule has 1 aliphatic rings. The molecule has 166 valence electrons. The number of hydrogen-bond donors (Lipinski definition) is 3. The highest BCUT2D eigenvalue weighted by atomic mass is 16.2. The number of aromatic amines is 1. The molecule has 4 rings (SSSR count). The van der Waals surface area contributed by atoms with Crippen LogP contribution in [0.3, 0.4) is 0 Å². The van der Waals surface area contributed by atoms with Crippen LogP contribution in [0.2, 0.25) is 0 Å². The average molecular weight is 432 g/mol. The van der Waals surface area contributed by atoms with E-state index in [2.05, 4.69) is 15.3 Å². The minimum atomic E-state index is -0.779. The first-order valence-electron chi connectivity index (χ1n) is 11.1. The number of imidazole rings is 1. The van der Waals surface area contributed by atoms with E-state index in [9.17, 15) is 9.59 Å². The molecular weight excluding hydrogens is 402 g/mol.